The molecule has 1 saturated heterocycles. The molecule has 1 atom stereocenters. The van der Waals surface area contributed by atoms with Crippen LogP contribution in [0.1, 0.15) is 12.0 Å². The van der Waals surface area contributed by atoms with E-state index in [0.717, 1.165) is 29.9 Å². The number of sulfonamides is 1. The van der Waals surface area contributed by atoms with Crippen LogP contribution < -0.4 is 5.32 Å². The van der Waals surface area contributed by atoms with Crippen LogP contribution in [0.4, 0.5) is 0 Å². The number of nitrogens with zero attached hydrogens (tertiary/aromatic N) is 1. The SMILES string of the molecule is CNCC1CCN(S(=O)(=O)c2cc(C)c(Cl)s2)C1. The summed E-state index contributed by atoms with van der Waals surface area (Å²) >= 11 is 7.09. The maximum Gasteiger partial charge on any atom is 0.252 e. The minimum atomic E-state index is -3.35. The van der Waals surface area contributed by atoms with Gasteiger partial charge in [-0.3, -0.25) is 0 Å². The third kappa shape index (κ3) is 2.72. The van der Waals surface area contributed by atoms with Crippen molar-refractivity contribution in [3.05, 3.63) is 16.0 Å². The first-order valence-corrected chi connectivity index (χ1v) is 8.49. The molecule has 1 fully saturated rings. The maximum absolute atomic E-state index is 12.4. The Morgan fingerprint density at radius 2 is 2.33 bits per heavy atom. The van der Waals surface area contributed by atoms with Gasteiger partial charge in [0.2, 0.25) is 0 Å². The molecule has 102 valence electrons. The molecular weight excluding hydrogens is 292 g/mol. The van der Waals surface area contributed by atoms with Crippen molar-refractivity contribution in [2.45, 2.75) is 17.6 Å². The largest absolute Gasteiger partial charge is 0.319 e. The quantitative estimate of drug-likeness (QED) is 0.925. The minimum absolute atomic E-state index is 0.357. The van der Waals surface area contributed by atoms with E-state index in [4.69, 9.17) is 11.6 Å². The van der Waals surface area contributed by atoms with E-state index in [2.05, 4.69) is 5.32 Å². The lowest BCUT2D eigenvalue weighted by molar-refractivity contribution is 0.452. The molecule has 0 spiro atoms. The Morgan fingerprint density at radius 1 is 1.61 bits per heavy atom. The Balaban J connectivity index is 2.17. The summed E-state index contributed by atoms with van der Waals surface area (Å²) in [6.45, 7) is 3.88. The van der Waals surface area contributed by atoms with Gasteiger partial charge in [0.15, 0.2) is 0 Å². The first-order chi connectivity index (χ1) is 8.45. The average Bonchev–Trinajstić information content (AvgIpc) is 2.88. The van der Waals surface area contributed by atoms with Gasteiger partial charge in [0, 0.05) is 13.1 Å². The van der Waals surface area contributed by atoms with E-state index in [9.17, 15) is 8.42 Å². The Hall–Kier alpha value is -0.140. The van der Waals surface area contributed by atoms with E-state index >= 15 is 0 Å². The van der Waals surface area contributed by atoms with Crippen molar-refractivity contribution < 1.29 is 8.42 Å². The summed E-state index contributed by atoms with van der Waals surface area (Å²) in [7, 11) is -1.46. The van der Waals surface area contributed by atoms with Crippen LogP contribution in [0.3, 0.4) is 0 Å². The number of thiophene rings is 1. The van der Waals surface area contributed by atoms with Gasteiger partial charge in [-0.2, -0.15) is 4.31 Å². The number of hydrogen-bond acceptors (Lipinski definition) is 4. The summed E-state index contributed by atoms with van der Waals surface area (Å²) in [5.74, 6) is 0.404. The third-order valence-corrected chi connectivity index (χ3v) is 7.04. The van der Waals surface area contributed by atoms with E-state index in [-0.39, 0.29) is 0 Å². The van der Waals surface area contributed by atoms with Crippen LogP contribution in [-0.4, -0.2) is 39.4 Å². The number of nitrogens with one attached hydrogen (secondary N) is 1. The van der Waals surface area contributed by atoms with Crippen molar-refractivity contribution in [1.82, 2.24) is 9.62 Å². The predicted octanol–water partition coefficient (Wildman–Crippen LogP) is 1.94. The highest BCUT2D eigenvalue weighted by Crippen LogP contribution is 2.33. The molecule has 1 aromatic rings. The van der Waals surface area contributed by atoms with Crippen LogP contribution in [-0.2, 0) is 10.0 Å². The standard InChI is InChI=1S/C11H17ClN2O2S2/c1-8-5-10(17-11(8)12)18(15,16)14-4-3-9(7-14)6-13-2/h5,9,13H,3-4,6-7H2,1-2H3. The van der Waals surface area contributed by atoms with Gasteiger partial charge in [0.1, 0.15) is 4.21 Å². The van der Waals surface area contributed by atoms with Gasteiger partial charge in [-0.15, -0.1) is 11.3 Å². The zero-order chi connectivity index (χ0) is 13.3. The molecule has 2 heterocycles. The fraction of sp³-hybridized carbons (Fsp3) is 0.636. The van der Waals surface area contributed by atoms with Crippen LogP contribution in [0.5, 0.6) is 0 Å². The van der Waals surface area contributed by atoms with E-state index in [1.165, 1.54) is 0 Å². The van der Waals surface area contributed by atoms with E-state index in [0.29, 0.717) is 27.6 Å². The third-order valence-electron chi connectivity index (χ3n) is 3.17. The topological polar surface area (TPSA) is 49.4 Å². The fourth-order valence-corrected chi connectivity index (χ4v) is 5.55. The molecule has 1 N–H and O–H groups in total. The second-order valence-electron chi connectivity index (χ2n) is 4.60. The van der Waals surface area contributed by atoms with Crippen LogP contribution in [0.15, 0.2) is 10.3 Å². The highest BCUT2D eigenvalue weighted by molar-refractivity contribution is 7.91. The summed E-state index contributed by atoms with van der Waals surface area (Å²) in [5, 5.41) is 3.09. The zero-order valence-corrected chi connectivity index (χ0v) is 12.8. The molecular formula is C11H17ClN2O2S2. The van der Waals surface area contributed by atoms with Gasteiger partial charge in [0.05, 0.1) is 4.34 Å². The molecule has 0 aromatic carbocycles. The molecule has 4 nitrogen and oxygen atoms in total. The molecule has 7 heteroatoms. The Morgan fingerprint density at radius 3 is 2.89 bits per heavy atom. The highest BCUT2D eigenvalue weighted by Gasteiger charge is 2.33. The average molecular weight is 309 g/mol. The number of hydrogen-bond donors (Lipinski definition) is 1. The van der Waals surface area contributed by atoms with Crippen LogP contribution >= 0.6 is 22.9 Å². The first-order valence-electron chi connectivity index (χ1n) is 5.86. The monoisotopic (exact) mass is 308 g/mol. The van der Waals surface area contributed by atoms with Crippen molar-refractivity contribution in [3.8, 4) is 0 Å². The summed E-state index contributed by atoms with van der Waals surface area (Å²) in [4.78, 5) is 0. The second-order valence-corrected chi connectivity index (χ2v) is 8.42. The van der Waals surface area contributed by atoms with Crippen LogP contribution in [0, 0.1) is 12.8 Å². The molecule has 1 aliphatic rings. The molecule has 0 amide bonds. The van der Waals surface area contributed by atoms with Gasteiger partial charge in [0.25, 0.3) is 10.0 Å². The molecule has 0 saturated carbocycles. The van der Waals surface area contributed by atoms with Crippen molar-refractivity contribution in [3.63, 3.8) is 0 Å². The first kappa shape index (κ1) is 14.3. The van der Waals surface area contributed by atoms with Crippen molar-refractivity contribution in [2.24, 2.45) is 5.92 Å². The lowest BCUT2D eigenvalue weighted by Crippen LogP contribution is -2.30. The Bertz CT molecular complexity index is 508. The van der Waals surface area contributed by atoms with Crippen molar-refractivity contribution in [1.29, 1.82) is 0 Å². The number of rotatable bonds is 4. The van der Waals surface area contributed by atoms with E-state index in [1.54, 1.807) is 10.4 Å². The summed E-state index contributed by atoms with van der Waals surface area (Å²) in [5.41, 5.74) is 0.825. The molecule has 0 radical (unpaired) electrons. The van der Waals surface area contributed by atoms with Crippen molar-refractivity contribution in [2.75, 3.05) is 26.7 Å². The lowest BCUT2D eigenvalue weighted by Gasteiger charge is -2.15. The summed E-state index contributed by atoms with van der Waals surface area (Å²) in [6, 6.07) is 1.66. The Kier molecular flexibility index (Phi) is 4.33. The maximum atomic E-state index is 12.4. The van der Waals surface area contributed by atoms with Crippen LogP contribution in [0.25, 0.3) is 0 Å². The highest BCUT2D eigenvalue weighted by atomic mass is 35.5. The predicted molar refractivity (Wildman–Crippen MR) is 74.9 cm³/mol. The normalized spacial score (nSPS) is 21.6. The van der Waals surface area contributed by atoms with Gasteiger partial charge in [-0.1, -0.05) is 11.6 Å². The fourth-order valence-electron chi connectivity index (χ4n) is 2.16. The van der Waals surface area contributed by atoms with Gasteiger partial charge >= 0.3 is 0 Å². The number of halogens is 1. The second kappa shape index (κ2) is 5.46. The van der Waals surface area contributed by atoms with Crippen LogP contribution in [0.2, 0.25) is 4.34 Å². The summed E-state index contributed by atoms with van der Waals surface area (Å²) in [6.07, 6.45) is 0.915. The molecule has 1 aromatic heterocycles. The number of aryl methyl sites for hydroxylation is 1. The van der Waals surface area contributed by atoms with Crippen molar-refractivity contribution >= 4 is 33.0 Å². The molecule has 18 heavy (non-hydrogen) atoms. The van der Waals surface area contributed by atoms with Gasteiger partial charge < -0.3 is 5.32 Å². The lowest BCUT2D eigenvalue weighted by atomic mass is 10.1. The Labute approximate surface area is 117 Å². The molecule has 2 rings (SSSR count). The minimum Gasteiger partial charge on any atom is -0.319 e. The van der Waals surface area contributed by atoms with E-state index in [1.807, 2.05) is 14.0 Å². The molecule has 0 bridgehead atoms. The molecule has 1 aliphatic heterocycles. The van der Waals surface area contributed by atoms with Gasteiger partial charge in [-0.05, 0) is 44.5 Å². The molecule has 1 unspecified atom stereocenters. The zero-order valence-electron chi connectivity index (χ0n) is 10.4. The smallest absolute Gasteiger partial charge is 0.252 e. The molecule has 0 aliphatic carbocycles. The van der Waals surface area contributed by atoms with Gasteiger partial charge in [-0.25, -0.2) is 8.42 Å². The van der Waals surface area contributed by atoms with E-state index < -0.39 is 10.0 Å². The summed E-state index contributed by atoms with van der Waals surface area (Å²) < 4.78 is 27.3.